The van der Waals surface area contributed by atoms with Gasteiger partial charge in [-0.3, -0.25) is 4.79 Å². The van der Waals surface area contributed by atoms with Gasteiger partial charge in [-0.1, -0.05) is 30.1 Å². The summed E-state index contributed by atoms with van der Waals surface area (Å²) in [4.78, 5) is 20.7. The van der Waals surface area contributed by atoms with Gasteiger partial charge in [0, 0.05) is 37.5 Å². The lowest BCUT2D eigenvalue weighted by Crippen LogP contribution is -2.42. The Bertz CT molecular complexity index is 861. The number of aromatic nitrogens is 1. The average Bonchev–Trinajstić information content (AvgIpc) is 3.25. The van der Waals surface area contributed by atoms with Gasteiger partial charge in [-0.2, -0.15) is 0 Å². The molecule has 2 aromatic rings. The molecule has 142 valence electrons. The number of nitrogens with zero attached hydrogens (tertiary/aromatic N) is 3. The minimum atomic E-state index is -0.635. The minimum absolute atomic E-state index is 0.0294. The van der Waals surface area contributed by atoms with Crippen LogP contribution >= 0.6 is 0 Å². The van der Waals surface area contributed by atoms with Crippen molar-refractivity contribution in [3.8, 4) is 0 Å². The summed E-state index contributed by atoms with van der Waals surface area (Å²) in [5.41, 5.74) is 2.44. The second kappa shape index (κ2) is 7.55. The first-order chi connectivity index (χ1) is 13.1. The Balaban J connectivity index is 1.52. The standard InChI is InChI=1S/C21H24FN3O2/c1-24-11-6-10-18(24)19-9-3-2-4-12-25(19)21(26)20-14-17(23-27-20)15-7-5-8-16(22)13-15/h5-8,10-11,13,19-20H,2-4,9,12,14H2,1H3. The van der Waals surface area contributed by atoms with E-state index in [0.717, 1.165) is 37.9 Å². The van der Waals surface area contributed by atoms with Gasteiger partial charge >= 0.3 is 0 Å². The van der Waals surface area contributed by atoms with E-state index in [1.54, 1.807) is 12.1 Å². The number of aryl methyl sites for hydroxylation is 1. The summed E-state index contributed by atoms with van der Waals surface area (Å²) >= 11 is 0. The molecule has 0 saturated carbocycles. The van der Waals surface area contributed by atoms with Crippen LogP contribution in [0.5, 0.6) is 0 Å². The second-order valence-corrected chi connectivity index (χ2v) is 7.29. The number of carbonyl (C=O) groups excluding carboxylic acids is 1. The van der Waals surface area contributed by atoms with Gasteiger partial charge in [0.1, 0.15) is 5.82 Å². The summed E-state index contributed by atoms with van der Waals surface area (Å²) in [6.45, 7) is 0.726. The lowest BCUT2D eigenvalue weighted by Gasteiger charge is -2.31. The lowest BCUT2D eigenvalue weighted by atomic mass is 10.0. The van der Waals surface area contributed by atoms with E-state index in [1.165, 1.54) is 12.1 Å². The Morgan fingerprint density at radius 1 is 1.22 bits per heavy atom. The van der Waals surface area contributed by atoms with Crippen LogP contribution in [0.25, 0.3) is 0 Å². The molecule has 6 heteroatoms. The third-order valence-electron chi connectivity index (χ3n) is 5.46. The number of likely N-dealkylation sites (tertiary alicyclic amines) is 1. The highest BCUT2D eigenvalue weighted by Crippen LogP contribution is 2.32. The average molecular weight is 369 g/mol. The number of amides is 1. The van der Waals surface area contributed by atoms with E-state index in [2.05, 4.69) is 15.8 Å². The molecule has 1 fully saturated rings. The van der Waals surface area contributed by atoms with E-state index >= 15 is 0 Å². The normalized spacial score (nSPS) is 22.9. The molecular weight excluding hydrogens is 345 g/mol. The topological polar surface area (TPSA) is 46.8 Å². The van der Waals surface area contributed by atoms with Crippen molar-refractivity contribution in [3.63, 3.8) is 0 Å². The van der Waals surface area contributed by atoms with Gasteiger partial charge in [0.25, 0.3) is 5.91 Å². The molecule has 4 rings (SSSR count). The van der Waals surface area contributed by atoms with Gasteiger partial charge in [0.05, 0.1) is 11.8 Å². The maximum Gasteiger partial charge on any atom is 0.267 e. The Morgan fingerprint density at radius 3 is 2.89 bits per heavy atom. The van der Waals surface area contributed by atoms with Crippen LogP contribution in [0.15, 0.2) is 47.8 Å². The third-order valence-corrected chi connectivity index (χ3v) is 5.46. The van der Waals surface area contributed by atoms with Crippen LogP contribution in [0.3, 0.4) is 0 Å². The van der Waals surface area contributed by atoms with Crippen LogP contribution < -0.4 is 0 Å². The lowest BCUT2D eigenvalue weighted by molar-refractivity contribution is -0.144. The Hall–Kier alpha value is -2.63. The van der Waals surface area contributed by atoms with Crippen molar-refractivity contribution in [3.05, 3.63) is 59.7 Å². The Kier molecular flexibility index (Phi) is 4.97. The van der Waals surface area contributed by atoms with Crippen molar-refractivity contribution in [2.75, 3.05) is 6.54 Å². The molecule has 0 N–H and O–H groups in total. The maximum absolute atomic E-state index is 13.5. The molecular formula is C21H24FN3O2. The molecule has 0 bridgehead atoms. The summed E-state index contributed by atoms with van der Waals surface area (Å²) in [7, 11) is 2.01. The molecule has 2 aliphatic rings. The number of oxime groups is 1. The molecule has 5 nitrogen and oxygen atoms in total. The van der Waals surface area contributed by atoms with Crippen LogP contribution in [0.2, 0.25) is 0 Å². The molecule has 3 heterocycles. The zero-order valence-electron chi connectivity index (χ0n) is 15.5. The van der Waals surface area contributed by atoms with Gasteiger partial charge in [-0.25, -0.2) is 4.39 Å². The minimum Gasteiger partial charge on any atom is -0.382 e. The zero-order valence-corrected chi connectivity index (χ0v) is 15.5. The predicted molar refractivity (Wildman–Crippen MR) is 101 cm³/mol. The van der Waals surface area contributed by atoms with Crippen molar-refractivity contribution in [1.82, 2.24) is 9.47 Å². The molecule has 1 amide bonds. The van der Waals surface area contributed by atoms with Crippen LogP contribution in [0.1, 0.15) is 49.4 Å². The largest absolute Gasteiger partial charge is 0.382 e. The SMILES string of the molecule is Cn1cccc1C1CCCCCN1C(=O)C1CC(c2cccc(F)c2)=NO1. The fourth-order valence-electron chi connectivity index (χ4n) is 4.03. The van der Waals surface area contributed by atoms with E-state index < -0.39 is 6.10 Å². The van der Waals surface area contributed by atoms with Crippen LogP contribution in [0, 0.1) is 5.82 Å². The highest BCUT2D eigenvalue weighted by molar-refractivity contribution is 6.04. The molecule has 1 saturated heterocycles. The molecule has 0 radical (unpaired) electrons. The Morgan fingerprint density at radius 2 is 2.11 bits per heavy atom. The van der Waals surface area contributed by atoms with Gasteiger partial charge in [0.15, 0.2) is 0 Å². The Labute approximate surface area is 158 Å². The van der Waals surface area contributed by atoms with Crippen molar-refractivity contribution < 1.29 is 14.0 Å². The zero-order chi connectivity index (χ0) is 18.8. The highest BCUT2D eigenvalue weighted by Gasteiger charge is 2.37. The molecule has 27 heavy (non-hydrogen) atoms. The number of carbonyl (C=O) groups is 1. The van der Waals surface area contributed by atoms with Crippen LogP contribution in [-0.4, -0.2) is 33.7 Å². The van der Waals surface area contributed by atoms with E-state index in [0.29, 0.717) is 17.7 Å². The summed E-state index contributed by atoms with van der Waals surface area (Å²) in [5.74, 6) is -0.348. The number of hydrogen-bond donors (Lipinski definition) is 0. The number of rotatable bonds is 3. The molecule has 1 aromatic carbocycles. The van der Waals surface area contributed by atoms with Crippen molar-refractivity contribution >= 4 is 11.6 Å². The van der Waals surface area contributed by atoms with Crippen molar-refractivity contribution in [2.45, 2.75) is 44.2 Å². The first-order valence-corrected chi connectivity index (χ1v) is 9.54. The summed E-state index contributed by atoms with van der Waals surface area (Å²) in [5, 5.41) is 4.07. The predicted octanol–water partition coefficient (Wildman–Crippen LogP) is 3.80. The molecule has 2 atom stereocenters. The first-order valence-electron chi connectivity index (χ1n) is 9.54. The van der Waals surface area contributed by atoms with E-state index in [-0.39, 0.29) is 17.8 Å². The fourth-order valence-corrected chi connectivity index (χ4v) is 4.03. The third kappa shape index (κ3) is 3.61. The number of benzene rings is 1. The van der Waals surface area contributed by atoms with Gasteiger partial charge in [-0.15, -0.1) is 0 Å². The van der Waals surface area contributed by atoms with Gasteiger partial charge in [0.2, 0.25) is 6.10 Å². The highest BCUT2D eigenvalue weighted by atomic mass is 19.1. The molecule has 2 unspecified atom stereocenters. The van der Waals surface area contributed by atoms with Gasteiger partial charge < -0.3 is 14.3 Å². The van der Waals surface area contributed by atoms with Crippen molar-refractivity contribution in [2.24, 2.45) is 12.2 Å². The molecule has 2 aliphatic heterocycles. The molecule has 0 aliphatic carbocycles. The van der Waals surface area contributed by atoms with Gasteiger partial charge in [-0.05, 0) is 37.1 Å². The quantitative estimate of drug-likeness (QED) is 0.826. The maximum atomic E-state index is 13.5. The van der Waals surface area contributed by atoms with Crippen LogP contribution in [-0.2, 0) is 16.7 Å². The molecule has 0 spiro atoms. The smallest absolute Gasteiger partial charge is 0.267 e. The van der Waals surface area contributed by atoms with E-state index in [1.807, 2.05) is 24.2 Å². The monoisotopic (exact) mass is 369 g/mol. The number of halogens is 1. The van der Waals surface area contributed by atoms with Crippen molar-refractivity contribution in [1.29, 1.82) is 0 Å². The molecule has 1 aromatic heterocycles. The van der Waals surface area contributed by atoms with Crippen LogP contribution in [0.4, 0.5) is 4.39 Å². The second-order valence-electron chi connectivity index (χ2n) is 7.29. The number of hydrogen-bond acceptors (Lipinski definition) is 3. The first kappa shape index (κ1) is 17.8. The summed E-state index contributed by atoms with van der Waals surface area (Å²) in [6, 6.07) is 10.4. The van der Waals surface area contributed by atoms with E-state index in [9.17, 15) is 9.18 Å². The fraction of sp³-hybridized carbons (Fsp3) is 0.429. The summed E-state index contributed by atoms with van der Waals surface area (Å²) in [6.07, 6.45) is 5.94. The summed E-state index contributed by atoms with van der Waals surface area (Å²) < 4.78 is 15.6. The van der Waals surface area contributed by atoms with E-state index in [4.69, 9.17) is 4.84 Å².